The fourth-order valence-corrected chi connectivity index (χ4v) is 8.11. The fourth-order valence-electron chi connectivity index (χ4n) is 7.04. The van der Waals surface area contributed by atoms with Gasteiger partial charge in [0.25, 0.3) is 11.8 Å². The number of thiazole rings is 1. The van der Waals surface area contributed by atoms with Crippen LogP contribution in [0.15, 0.2) is 121 Å². The van der Waals surface area contributed by atoms with Crippen molar-refractivity contribution in [2.75, 3.05) is 30.0 Å². The Kier molecular flexibility index (Phi) is 12.9. The molecule has 0 aliphatic rings. The lowest BCUT2D eigenvalue weighted by Gasteiger charge is -2.47. The number of aryl methyl sites for hydroxylation is 3. The molecule has 0 saturated carbocycles. The monoisotopic (exact) mass is 840 g/mol. The molecule has 6 aromatic rings. The molecule has 0 radical (unpaired) electrons. The Morgan fingerprint density at radius 3 is 1.75 bits per heavy atom. The van der Waals surface area contributed by atoms with Gasteiger partial charge in [-0.3, -0.25) is 14.5 Å². The predicted octanol–water partition coefficient (Wildman–Crippen LogP) is 8.70. The highest BCUT2D eigenvalue weighted by atomic mass is 35.5. The molecular weight excluding hydrogens is 797 g/mol. The van der Waals surface area contributed by atoms with Crippen LogP contribution in [0.4, 0.5) is 23.9 Å². The van der Waals surface area contributed by atoms with Crippen LogP contribution in [0.2, 0.25) is 5.02 Å². The number of rotatable bonds is 14. The third-order valence-electron chi connectivity index (χ3n) is 10.3. The molecule has 6 rings (SSSR count). The maximum Gasteiger partial charge on any atom is 0.416 e. The molecule has 0 spiro atoms. The van der Waals surface area contributed by atoms with E-state index in [1.165, 1.54) is 41.7 Å². The number of anilines is 2. The van der Waals surface area contributed by atoms with Gasteiger partial charge in [-0.15, -0.1) is 11.3 Å². The Balaban J connectivity index is 1.55. The molecule has 0 saturated heterocycles. The Hall–Kier alpha value is -5.60. The molecule has 2 atom stereocenters. The van der Waals surface area contributed by atoms with Gasteiger partial charge in [0, 0.05) is 24.2 Å². The highest BCUT2D eigenvalue weighted by molar-refractivity contribution is 7.16. The van der Waals surface area contributed by atoms with Crippen LogP contribution >= 0.6 is 22.9 Å². The third kappa shape index (κ3) is 9.03. The van der Waals surface area contributed by atoms with Gasteiger partial charge in [0.05, 0.1) is 35.3 Å². The van der Waals surface area contributed by atoms with Crippen LogP contribution in [-0.2, 0) is 39.7 Å². The number of hydrogen-bond donors (Lipinski definition) is 2. The maximum atomic E-state index is 15.9. The Morgan fingerprint density at radius 1 is 0.712 bits per heavy atom. The highest BCUT2D eigenvalue weighted by Crippen LogP contribution is 2.43. The summed E-state index contributed by atoms with van der Waals surface area (Å²) < 4.78 is 45.7. The second-order valence-corrected chi connectivity index (χ2v) is 15.9. The van der Waals surface area contributed by atoms with E-state index in [2.05, 4.69) is 9.97 Å². The molecule has 4 N–H and O–H groups in total. The number of carbonyl (C=O) groups is 2. The Morgan fingerprint density at radius 2 is 1.24 bits per heavy atom. The van der Waals surface area contributed by atoms with Gasteiger partial charge in [0.2, 0.25) is 5.88 Å². The van der Waals surface area contributed by atoms with E-state index in [1.807, 2.05) is 45.0 Å². The summed E-state index contributed by atoms with van der Waals surface area (Å²) in [4.78, 5) is 43.7. The lowest BCUT2D eigenvalue weighted by atomic mass is 9.67. The normalized spacial score (nSPS) is 13.6. The lowest BCUT2D eigenvalue weighted by molar-refractivity contribution is -0.137. The maximum absolute atomic E-state index is 15.9. The minimum atomic E-state index is -4.52. The molecule has 306 valence electrons. The van der Waals surface area contributed by atoms with Crippen molar-refractivity contribution in [1.29, 1.82) is 0 Å². The number of ether oxygens (including phenoxy) is 1. The second-order valence-electron chi connectivity index (χ2n) is 14.3. The average Bonchev–Trinajstić information content (AvgIpc) is 3.57. The first-order valence-electron chi connectivity index (χ1n) is 18.7. The van der Waals surface area contributed by atoms with Crippen LogP contribution in [-0.4, -0.2) is 42.0 Å². The first-order chi connectivity index (χ1) is 28.1. The van der Waals surface area contributed by atoms with Gasteiger partial charge in [0.15, 0.2) is 11.1 Å². The zero-order valence-electron chi connectivity index (χ0n) is 33.0. The molecule has 0 aliphatic carbocycles. The summed E-state index contributed by atoms with van der Waals surface area (Å²) in [6, 6.07) is 30.6. The van der Waals surface area contributed by atoms with Crippen LogP contribution in [0.3, 0.4) is 0 Å². The number of nitrogens with zero attached hydrogens (tertiary/aromatic N) is 4. The summed E-state index contributed by atoms with van der Waals surface area (Å²) >= 11 is 7.73. The largest absolute Gasteiger partial charge is 0.481 e. The molecule has 2 heterocycles. The quantitative estimate of drug-likeness (QED) is 0.112. The molecule has 0 aliphatic heterocycles. The van der Waals surface area contributed by atoms with Gasteiger partial charge < -0.3 is 21.1 Å². The molecule has 59 heavy (non-hydrogen) atoms. The number of alkyl halides is 3. The van der Waals surface area contributed by atoms with Crippen molar-refractivity contribution in [3.8, 4) is 5.88 Å². The molecule has 2 aromatic heterocycles. The molecule has 4 aromatic carbocycles. The molecule has 2 amide bonds. The number of hydrogen-bond acceptors (Lipinski definition) is 8. The summed E-state index contributed by atoms with van der Waals surface area (Å²) in [6.45, 7) is 5.73. The van der Waals surface area contributed by atoms with Gasteiger partial charge in [-0.2, -0.15) is 13.2 Å². The summed E-state index contributed by atoms with van der Waals surface area (Å²) in [6.07, 6.45) is -2.55. The van der Waals surface area contributed by atoms with E-state index >= 15 is 9.59 Å². The fraction of sp³-hybridized carbons (Fsp3) is 0.244. The zero-order valence-corrected chi connectivity index (χ0v) is 34.5. The highest BCUT2D eigenvalue weighted by Gasteiger charge is 2.61. The van der Waals surface area contributed by atoms with Crippen LogP contribution in [0.25, 0.3) is 0 Å². The number of halogens is 4. The van der Waals surface area contributed by atoms with Crippen LogP contribution in [0, 0.1) is 20.8 Å². The number of methoxy groups -OCH3 is 1. The summed E-state index contributed by atoms with van der Waals surface area (Å²) in [5.41, 5.74) is 13.7. The van der Waals surface area contributed by atoms with Gasteiger partial charge in [-0.1, -0.05) is 96.0 Å². The number of nitrogens with two attached hydrogens (primary N) is 2. The lowest BCUT2D eigenvalue weighted by Crippen LogP contribution is -2.74. The first kappa shape index (κ1) is 43.0. The molecule has 9 nitrogen and oxygen atoms in total. The summed E-state index contributed by atoms with van der Waals surface area (Å²) in [5.74, 6) is -1.17. The van der Waals surface area contributed by atoms with E-state index in [9.17, 15) is 13.2 Å². The number of amides is 2. The minimum Gasteiger partial charge on any atom is -0.481 e. The Bertz CT molecular complexity index is 2380. The van der Waals surface area contributed by atoms with E-state index in [-0.39, 0.29) is 42.2 Å². The SMILES string of the molecule is COc1ccc(N(CCc2ccc(C(F)(F)F)cc2)C(=O)[C@](N)(c2ccccc2)[C@](N)(C(=O)N(CCc2ccc(C)cc2)c2sc(C)nc2C)c2ccc(Cl)cc2)cn1. The van der Waals surface area contributed by atoms with Crippen molar-refractivity contribution in [3.05, 3.63) is 171 Å². The van der Waals surface area contributed by atoms with Crippen LogP contribution < -0.4 is 26.0 Å². The molecule has 0 unspecified atom stereocenters. The van der Waals surface area contributed by atoms with E-state index in [1.54, 1.807) is 71.6 Å². The molecular formula is C45H44ClF3N6O3S. The minimum absolute atomic E-state index is 0.0842. The van der Waals surface area contributed by atoms with Gasteiger partial charge in [0.1, 0.15) is 5.00 Å². The molecule has 14 heteroatoms. The van der Waals surface area contributed by atoms with Crippen molar-refractivity contribution < 1.29 is 27.5 Å². The van der Waals surface area contributed by atoms with E-state index < -0.39 is 34.6 Å². The number of benzene rings is 4. The summed E-state index contributed by atoms with van der Waals surface area (Å²) in [7, 11) is 1.45. The van der Waals surface area contributed by atoms with Crippen LogP contribution in [0.5, 0.6) is 5.88 Å². The van der Waals surface area contributed by atoms with E-state index in [0.717, 1.165) is 28.3 Å². The zero-order chi connectivity index (χ0) is 42.5. The van der Waals surface area contributed by atoms with Crippen LogP contribution in [0.1, 0.15) is 44.1 Å². The van der Waals surface area contributed by atoms with Gasteiger partial charge >= 0.3 is 6.18 Å². The topological polar surface area (TPSA) is 128 Å². The van der Waals surface area contributed by atoms with E-state index in [0.29, 0.717) is 27.7 Å². The smallest absolute Gasteiger partial charge is 0.416 e. The van der Waals surface area contributed by atoms with Crippen molar-refractivity contribution in [1.82, 2.24) is 9.97 Å². The summed E-state index contributed by atoms with van der Waals surface area (Å²) in [5, 5.41) is 1.63. The van der Waals surface area contributed by atoms with Crippen molar-refractivity contribution in [2.45, 2.75) is 50.9 Å². The molecule has 0 fully saturated rings. The second kappa shape index (κ2) is 17.7. The number of aromatic nitrogens is 2. The predicted molar refractivity (Wildman–Crippen MR) is 227 cm³/mol. The van der Waals surface area contributed by atoms with Gasteiger partial charge in [-0.25, -0.2) is 9.97 Å². The van der Waals surface area contributed by atoms with Crippen molar-refractivity contribution in [2.24, 2.45) is 11.5 Å². The third-order valence-corrected chi connectivity index (χ3v) is 11.7. The van der Waals surface area contributed by atoms with Gasteiger partial charge in [-0.05, 0) is 86.2 Å². The molecule has 0 bridgehead atoms. The first-order valence-corrected chi connectivity index (χ1v) is 19.9. The Labute approximate surface area is 350 Å². The average molecular weight is 841 g/mol. The van der Waals surface area contributed by atoms with Crippen molar-refractivity contribution >= 4 is 45.4 Å². The van der Waals surface area contributed by atoms with Crippen molar-refractivity contribution in [3.63, 3.8) is 0 Å². The number of carbonyl (C=O) groups excluding carboxylic acids is 2. The van der Waals surface area contributed by atoms with E-state index in [4.69, 9.17) is 27.8 Å². The standard InChI is InChI=1S/C45H44ClF3N6O3S/c1-29-10-12-32(13-11-29)25-27-55(40-30(2)53-31(3)59-40)42(57)44(51,35-18-20-37(46)21-19-35)43(50,34-8-6-5-7-9-34)41(56)54(38-22-23-39(58-4)52-28-38)26-24-33-14-16-36(17-15-33)45(47,48)49/h5-23,28H,24-27,50-51H2,1-4H3/t43-,44-/m1/s1. The number of pyridine rings is 1.